The second-order valence-corrected chi connectivity index (χ2v) is 3.93. The third kappa shape index (κ3) is 3.00. The van der Waals surface area contributed by atoms with Crippen LogP contribution in [0.1, 0.15) is 18.4 Å². The van der Waals surface area contributed by atoms with Crippen LogP contribution in [-0.4, -0.2) is 24.1 Å². The Balaban J connectivity index is 1.88. The molecule has 0 aliphatic carbocycles. The number of aryl methyl sites for hydroxylation is 1. The number of halogens is 2. The summed E-state index contributed by atoms with van der Waals surface area (Å²) in [6.45, 7) is 1.17. The summed E-state index contributed by atoms with van der Waals surface area (Å²) >= 11 is 0. The maximum absolute atomic E-state index is 12.9. The van der Waals surface area contributed by atoms with Crippen molar-refractivity contribution < 1.29 is 18.4 Å². The summed E-state index contributed by atoms with van der Waals surface area (Å²) in [4.78, 5) is 16.7. The molecule has 1 saturated heterocycles. The third-order valence-electron chi connectivity index (χ3n) is 2.64. The molecule has 1 aliphatic rings. The van der Waals surface area contributed by atoms with Gasteiger partial charge in [-0.1, -0.05) is 6.07 Å². The lowest BCUT2D eigenvalue weighted by atomic mass is 10.1. The van der Waals surface area contributed by atoms with Crippen molar-refractivity contribution in [3.63, 3.8) is 0 Å². The highest BCUT2D eigenvalue weighted by molar-refractivity contribution is 5.75. The molecule has 2 rings (SSSR count). The van der Waals surface area contributed by atoms with Crippen LogP contribution in [0.15, 0.2) is 18.2 Å². The SMILES string of the molecule is O=C(CCc1ccc(F)c(F)c1)N1CCCO1. The Labute approximate surface area is 97.9 Å². The maximum atomic E-state index is 12.9. The average molecular weight is 241 g/mol. The van der Waals surface area contributed by atoms with Gasteiger partial charge in [-0.2, -0.15) is 0 Å². The van der Waals surface area contributed by atoms with E-state index in [2.05, 4.69) is 0 Å². The van der Waals surface area contributed by atoms with Crippen LogP contribution in [0.2, 0.25) is 0 Å². The second kappa shape index (κ2) is 5.23. The number of hydrogen-bond donors (Lipinski definition) is 0. The minimum atomic E-state index is -0.882. The molecule has 1 aromatic carbocycles. The number of benzene rings is 1. The second-order valence-electron chi connectivity index (χ2n) is 3.93. The topological polar surface area (TPSA) is 29.5 Å². The summed E-state index contributed by atoms with van der Waals surface area (Å²) in [7, 11) is 0. The summed E-state index contributed by atoms with van der Waals surface area (Å²) in [6.07, 6.45) is 1.47. The number of carbonyl (C=O) groups excluding carboxylic acids is 1. The zero-order valence-electron chi connectivity index (χ0n) is 9.29. The molecule has 0 unspecified atom stereocenters. The van der Waals surface area contributed by atoms with E-state index in [9.17, 15) is 13.6 Å². The lowest BCUT2D eigenvalue weighted by Gasteiger charge is -2.13. The molecule has 3 nitrogen and oxygen atoms in total. The predicted molar refractivity (Wildman–Crippen MR) is 57.0 cm³/mol. The zero-order valence-corrected chi connectivity index (χ0v) is 9.29. The van der Waals surface area contributed by atoms with Gasteiger partial charge < -0.3 is 0 Å². The van der Waals surface area contributed by atoms with E-state index in [0.717, 1.165) is 18.6 Å². The average Bonchev–Trinajstić information content (AvgIpc) is 2.84. The van der Waals surface area contributed by atoms with Crippen LogP contribution in [0.4, 0.5) is 8.78 Å². The number of carbonyl (C=O) groups is 1. The molecule has 1 heterocycles. The van der Waals surface area contributed by atoms with E-state index in [1.54, 1.807) is 0 Å². The smallest absolute Gasteiger partial charge is 0.246 e. The van der Waals surface area contributed by atoms with Crippen LogP contribution in [0.5, 0.6) is 0 Å². The fourth-order valence-electron chi connectivity index (χ4n) is 1.72. The molecule has 0 radical (unpaired) electrons. The van der Waals surface area contributed by atoms with Gasteiger partial charge in [-0.25, -0.2) is 13.8 Å². The summed E-state index contributed by atoms with van der Waals surface area (Å²) in [5.74, 6) is -1.87. The largest absolute Gasteiger partial charge is 0.273 e. The van der Waals surface area contributed by atoms with E-state index in [1.165, 1.54) is 11.1 Å². The Morgan fingerprint density at radius 1 is 1.35 bits per heavy atom. The van der Waals surface area contributed by atoms with Crippen molar-refractivity contribution in [1.82, 2.24) is 5.06 Å². The molecular formula is C12H13F2NO2. The molecular weight excluding hydrogens is 228 g/mol. The molecule has 0 atom stereocenters. The first-order valence-electron chi connectivity index (χ1n) is 5.54. The molecule has 1 fully saturated rings. The molecule has 1 aliphatic heterocycles. The van der Waals surface area contributed by atoms with E-state index in [4.69, 9.17) is 4.84 Å². The van der Waals surface area contributed by atoms with E-state index < -0.39 is 11.6 Å². The number of amides is 1. The Morgan fingerprint density at radius 2 is 2.18 bits per heavy atom. The highest BCUT2D eigenvalue weighted by Crippen LogP contribution is 2.12. The molecule has 0 spiro atoms. The van der Waals surface area contributed by atoms with Crippen molar-refractivity contribution >= 4 is 5.91 Å². The van der Waals surface area contributed by atoms with Crippen LogP contribution < -0.4 is 0 Å². The van der Waals surface area contributed by atoms with Gasteiger partial charge in [0.05, 0.1) is 13.2 Å². The van der Waals surface area contributed by atoms with Crippen LogP contribution >= 0.6 is 0 Å². The van der Waals surface area contributed by atoms with Gasteiger partial charge in [0, 0.05) is 6.42 Å². The predicted octanol–water partition coefficient (Wildman–Crippen LogP) is 2.06. The van der Waals surface area contributed by atoms with E-state index in [1.807, 2.05) is 0 Å². The molecule has 17 heavy (non-hydrogen) atoms. The van der Waals surface area contributed by atoms with Crippen LogP contribution in [0.25, 0.3) is 0 Å². The van der Waals surface area contributed by atoms with Gasteiger partial charge in [-0.05, 0) is 30.5 Å². The normalized spacial score (nSPS) is 15.3. The summed E-state index contributed by atoms with van der Waals surface area (Å²) in [5.41, 5.74) is 0.608. The van der Waals surface area contributed by atoms with Gasteiger partial charge in [-0.15, -0.1) is 0 Å². The number of hydroxylamine groups is 2. The molecule has 0 saturated carbocycles. The Morgan fingerprint density at radius 3 is 2.82 bits per heavy atom. The summed E-state index contributed by atoms with van der Waals surface area (Å²) in [5, 5.41) is 1.33. The van der Waals surface area contributed by atoms with Crippen LogP contribution in [0, 0.1) is 11.6 Å². The highest BCUT2D eigenvalue weighted by Gasteiger charge is 2.18. The van der Waals surface area contributed by atoms with Gasteiger partial charge >= 0.3 is 0 Å². The Hall–Kier alpha value is -1.49. The van der Waals surface area contributed by atoms with Gasteiger partial charge in [-0.3, -0.25) is 9.63 Å². The Bertz CT molecular complexity index is 417. The molecule has 0 aromatic heterocycles. The fraction of sp³-hybridized carbons (Fsp3) is 0.417. The summed E-state index contributed by atoms with van der Waals surface area (Å²) in [6, 6.07) is 3.67. The maximum Gasteiger partial charge on any atom is 0.246 e. The molecule has 92 valence electrons. The molecule has 5 heteroatoms. The van der Waals surface area contributed by atoms with Gasteiger partial charge in [0.15, 0.2) is 11.6 Å². The molecule has 0 bridgehead atoms. The van der Waals surface area contributed by atoms with Crippen molar-refractivity contribution in [2.45, 2.75) is 19.3 Å². The van der Waals surface area contributed by atoms with Gasteiger partial charge in [0.2, 0.25) is 5.91 Å². The number of rotatable bonds is 3. The molecule has 1 aromatic rings. The van der Waals surface area contributed by atoms with Crippen molar-refractivity contribution in [3.05, 3.63) is 35.4 Å². The van der Waals surface area contributed by atoms with E-state index in [-0.39, 0.29) is 12.3 Å². The highest BCUT2D eigenvalue weighted by atomic mass is 19.2. The Kier molecular flexibility index (Phi) is 3.68. The lowest BCUT2D eigenvalue weighted by molar-refractivity contribution is -0.168. The van der Waals surface area contributed by atoms with Crippen LogP contribution in [-0.2, 0) is 16.1 Å². The summed E-state index contributed by atoms with van der Waals surface area (Å²) < 4.78 is 25.6. The minimum Gasteiger partial charge on any atom is -0.273 e. The number of hydrogen-bond acceptors (Lipinski definition) is 2. The monoisotopic (exact) mass is 241 g/mol. The zero-order chi connectivity index (χ0) is 12.3. The first kappa shape index (κ1) is 12.0. The molecule has 1 amide bonds. The lowest BCUT2D eigenvalue weighted by Crippen LogP contribution is -2.26. The van der Waals surface area contributed by atoms with Crippen molar-refractivity contribution in [2.24, 2.45) is 0 Å². The minimum absolute atomic E-state index is 0.118. The van der Waals surface area contributed by atoms with Crippen molar-refractivity contribution in [2.75, 3.05) is 13.2 Å². The van der Waals surface area contributed by atoms with Crippen molar-refractivity contribution in [1.29, 1.82) is 0 Å². The van der Waals surface area contributed by atoms with E-state index in [0.29, 0.717) is 25.1 Å². The number of nitrogens with zero attached hydrogens (tertiary/aromatic N) is 1. The first-order chi connectivity index (χ1) is 8.16. The fourth-order valence-corrected chi connectivity index (χ4v) is 1.72. The van der Waals surface area contributed by atoms with E-state index >= 15 is 0 Å². The third-order valence-corrected chi connectivity index (χ3v) is 2.64. The van der Waals surface area contributed by atoms with Gasteiger partial charge in [0.25, 0.3) is 0 Å². The van der Waals surface area contributed by atoms with Crippen LogP contribution in [0.3, 0.4) is 0 Å². The quantitative estimate of drug-likeness (QED) is 0.810. The first-order valence-corrected chi connectivity index (χ1v) is 5.54. The van der Waals surface area contributed by atoms with Gasteiger partial charge in [0.1, 0.15) is 0 Å². The standard InChI is InChI=1S/C12H13F2NO2/c13-10-4-2-9(8-11(10)14)3-5-12(16)15-6-1-7-17-15/h2,4,8H,1,3,5-7H2. The molecule has 0 N–H and O–H groups in total. The van der Waals surface area contributed by atoms with Crippen molar-refractivity contribution in [3.8, 4) is 0 Å².